The van der Waals surface area contributed by atoms with Gasteiger partial charge in [0.1, 0.15) is 5.82 Å². The summed E-state index contributed by atoms with van der Waals surface area (Å²) in [6.07, 6.45) is 0.443. The Morgan fingerprint density at radius 1 is 1.43 bits per heavy atom. The zero-order valence-corrected chi connectivity index (χ0v) is 14.0. The van der Waals surface area contributed by atoms with Gasteiger partial charge in [0, 0.05) is 7.05 Å². The Morgan fingerprint density at radius 3 is 2.52 bits per heavy atom. The minimum absolute atomic E-state index is 0.133. The number of carbonyl (C=O) groups is 2. The van der Waals surface area contributed by atoms with Crippen molar-refractivity contribution >= 4 is 33.5 Å². The van der Waals surface area contributed by atoms with Crippen LogP contribution in [0.2, 0.25) is 5.02 Å². The van der Waals surface area contributed by atoms with E-state index < -0.39 is 46.7 Å². The van der Waals surface area contributed by atoms with Crippen LogP contribution in [0.5, 0.6) is 0 Å². The molecule has 0 bridgehead atoms. The molecule has 0 saturated heterocycles. The van der Waals surface area contributed by atoms with E-state index >= 15 is 0 Å². The predicted molar refractivity (Wildman–Crippen MR) is 82.0 cm³/mol. The Balaban J connectivity index is 2.92. The molecule has 7 nitrogen and oxygen atoms in total. The minimum atomic E-state index is -3.55. The van der Waals surface area contributed by atoms with E-state index in [2.05, 4.69) is 5.32 Å². The number of likely N-dealkylation sites (N-methyl/N-ethyl adjacent to an activating group) is 1. The first-order chi connectivity index (χ1) is 10.5. The number of benzene rings is 1. The molecule has 0 fully saturated rings. The van der Waals surface area contributed by atoms with Crippen LogP contribution >= 0.6 is 11.6 Å². The highest BCUT2D eigenvalue weighted by Crippen LogP contribution is 2.22. The fourth-order valence-electron chi connectivity index (χ4n) is 1.72. The summed E-state index contributed by atoms with van der Waals surface area (Å²) >= 11 is 5.56. The lowest BCUT2D eigenvalue weighted by Gasteiger charge is -2.20. The Morgan fingerprint density at radius 2 is 2.04 bits per heavy atom. The van der Waals surface area contributed by atoms with E-state index in [4.69, 9.17) is 16.7 Å². The minimum Gasteiger partial charge on any atom is -0.481 e. The van der Waals surface area contributed by atoms with Crippen molar-refractivity contribution in [2.45, 2.75) is 12.5 Å². The molecular weight excluding hydrogens is 351 g/mol. The van der Waals surface area contributed by atoms with Crippen LogP contribution in [0, 0.1) is 5.82 Å². The van der Waals surface area contributed by atoms with E-state index in [9.17, 15) is 22.4 Å². The smallest absolute Gasteiger partial charge is 0.305 e. The van der Waals surface area contributed by atoms with Gasteiger partial charge in [-0.25, -0.2) is 12.8 Å². The summed E-state index contributed by atoms with van der Waals surface area (Å²) in [7, 11) is -2.34. The molecule has 0 aliphatic carbocycles. The number of halogens is 2. The van der Waals surface area contributed by atoms with Crippen LogP contribution in [0.4, 0.5) is 4.39 Å². The van der Waals surface area contributed by atoms with Crippen LogP contribution in [0.3, 0.4) is 0 Å². The van der Waals surface area contributed by atoms with Crippen LogP contribution in [-0.2, 0) is 19.6 Å². The Kier molecular flexibility index (Phi) is 6.48. The van der Waals surface area contributed by atoms with Gasteiger partial charge in [0.2, 0.25) is 15.9 Å². The number of carboxylic acids is 1. The third-order valence-corrected chi connectivity index (χ3v) is 4.56. The number of nitrogens with zero attached hydrogens (tertiary/aromatic N) is 1. The summed E-state index contributed by atoms with van der Waals surface area (Å²) in [6.45, 7) is -0.481. The van der Waals surface area contributed by atoms with Gasteiger partial charge in [-0.05, 0) is 17.7 Å². The monoisotopic (exact) mass is 366 g/mol. The van der Waals surface area contributed by atoms with Crippen molar-refractivity contribution in [2.75, 3.05) is 19.8 Å². The molecule has 1 unspecified atom stereocenters. The van der Waals surface area contributed by atoms with Crippen LogP contribution in [0.1, 0.15) is 18.0 Å². The van der Waals surface area contributed by atoms with E-state index in [0.717, 1.165) is 16.6 Å². The van der Waals surface area contributed by atoms with Crippen LogP contribution in [0.25, 0.3) is 0 Å². The Bertz CT molecular complexity index is 710. The molecule has 0 spiro atoms. The lowest BCUT2D eigenvalue weighted by molar-refractivity contribution is -0.137. The number of nitrogens with one attached hydrogen (secondary N) is 1. The lowest BCUT2D eigenvalue weighted by Crippen LogP contribution is -2.40. The quantitative estimate of drug-likeness (QED) is 0.749. The van der Waals surface area contributed by atoms with Gasteiger partial charge in [0.25, 0.3) is 0 Å². The van der Waals surface area contributed by atoms with Crippen molar-refractivity contribution < 1.29 is 27.5 Å². The van der Waals surface area contributed by atoms with E-state index in [1.54, 1.807) is 0 Å². The lowest BCUT2D eigenvalue weighted by atomic mass is 10.0. The molecule has 2 N–H and O–H groups in total. The molecule has 10 heteroatoms. The first-order valence-electron chi connectivity index (χ1n) is 6.38. The second-order valence-electron chi connectivity index (χ2n) is 4.91. The van der Waals surface area contributed by atoms with E-state index in [0.29, 0.717) is 0 Å². The van der Waals surface area contributed by atoms with Crippen molar-refractivity contribution in [3.8, 4) is 0 Å². The molecule has 0 aliphatic heterocycles. The third-order valence-electron chi connectivity index (χ3n) is 2.99. The Hall–Kier alpha value is -1.71. The van der Waals surface area contributed by atoms with Crippen molar-refractivity contribution in [1.82, 2.24) is 9.62 Å². The van der Waals surface area contributed by atoms with E-state index in [-0.39, 0.29) is 10.6 Å². The van der Waals surface area contributed by atoms with Crippen LogP contribution in [0.15, 0.2) is 18.2 Å². The number of sulfonamides is 1. The number of hydrogen-bond acceptors (Lipinski definition) is 4. The second kappa shape index (κ2) is 7.71. The summed E-state index contributed by atoms with van der Waals surface area (Å²) < 4.78 is 36.8. The maximum Gasteiger partial charge on any atom is 0.305 e. The highest BCUT2D eigenvalue weighted by atomic mass is 35.5. The average Bonchev–Trinajstić information content (AvgIpc) is 2.39. The van der Waals surface area contributed by atoms with Crippen LogP contribution < -0.4 is 5.32 Å². The van der Waals surface area contributed by atoms with Gasteiger partial charge in [0.15, 0.2) is 0 Å². The third kappa shape index (κ3) is 6.12. The molecule has 1 aromatic rings. The maximum absolute atomic E-state index is 13.5. The van der Waals surface area contributed by atoms with Crippen molar-refractivity contribution in [3.05, 3.63) is 34.6 Å². The molecule has 0 heterocycles. The highest BCUT2D eigenvalue weighted by Gasteiger charge is 2.22. The number of amides is 1. The van der Waals surface area contributed by atoms with Crippen molar-refractivity contribution in [2.24, 2.45) is 0 Å². The van der Waals surface area contributed by atoms with Crippen molar-refractivity contribution in [1.29, 1.82) is 0 Å². The molecule has 0 radical (unpaired) electrons. The van der Waals surface area contributed by atoms with Gasteiger partial charge < -0.3 is 10.4 Å². The number of rotatable bonds is 7. The van der Waals surface area contributed by atoms with Gasteiger partial charge in [-0.1, -0.05) is 17.7 Å². The Labute approximate surface area is 138 Å². The number of carboxylic acid groups (broad SMARTS) is 1. The topological polar surface area (TPSA) is 104 Å². The molecule has 0 aromatic heterocycles. The van der Waals surface area contributed by atoms with Gasteiger partial charge in [0.05, 0.1) is 30.3 Å². The number of hydrogen-bond donors (Lipinski definition) is 2. The standard InChI is InChI=1S/C13H16ClFN2O5S/c1-17(23(2,21)22)7-12(18)16-11(6-13(19)20)8-3-4-9(14)10(15)5-8/h3-5,11H,6-7H2,1-2H3,(H,16,18)(H,19,20). The SMILES string of the molecule is CN(CC(=O)NC(CC(=O)O)c1ccc(Cl)c(F)c1)S(C)(=O)=O. The molecular formula is C13H16ClFN2O5S. The summed E-state index contributed by atoms with van der Waals surface area (Å²) in [6, 6.07) is 2.64. The average molecular weight is 367 g/mol. The number of aliphatic carboxylic acids is 1. The van der Waals surface area contributed by atoms with Gasteiger partial charge in [-0.15, -0.1) is 0 Å². The van der Waals surface area contributed by atoms with E-state index in [1.165, 1.54) is 19.2 Å². The fourth-order valence-corrected chi connectivity index (χ4v) is 2.18. The molecule has 1 atom stereocenters. The van der Waals surface area contributed by atoms with Gasteiger partial charge >= 0.3 is 5.97 Å². The van der Waals surface area contributed by atoms with Gasteiger partial charge in [-0.3, -0.25) is 9.59 Å². The normalized spacial score (nSPS) is 12.9. The maximum atomic E-state index is 13.5. The summed E-state index contributed by atoms with van der Waals surface area (Å²) in [4.78, 5) is 22.8. The molecule has 0 saturated carbocycles. The van der Waals surface area contributed by atoms with Crippen LogP contribution in [-0.4, -0.2) is 49.6 Å². The summed E-state index contributed by atoms with van der Waals surface area (Å²) in [5.41, 5.74) is 0.213. The second-order valence-corrected chi connectivity index (χ2v) is 7.41. The zero-order chi connectivity index (χ0) is 17.8. The first kappa shape index (κ1) is 19.3. The van der Waals surface area contributed by atoms with Crippen molar-refractivity contribution in [3.63, 3.8) is 0 Å². The van der Waals surface area contributed by atoms with Gasteiger partial charge in [-0.2, -0.15) is 4.31 Å². The highest BCUT2D eigenvalue weighted by molar-refractivity contribution is 7.88. The molecule has 0 aliphatic rings. The predicted octanol–water partition coefficient (Wildman–Crippen LogP) is 1.00. The summed E-state index contributed by atoms with van der Waals surface area (Å²) in [5.74, 6) is -2.66. The molecule has 1 amide bonds. The molecule has 23 heavy (non-hydrogen) atoms. The largest absolute Gasteiger partial charge is 0.481 e. The molecule has 1 aromatic carbocycles. The van der Waals surface area contributed by atoms with E-state index in [1.807, 2.05) is 0 Å². The first-order valence-corrected chi connectivity index (χ1v) is 8.60. The molecule has 1 rings (SSSR count). The zero-order valence-electron chi connectivity index (χ0n) is 12.4. The number of carbonyl (C=O) groups excluding carboxylic acids is 1. The summed E-state index contributed by atoms with van der Waals surface area (Å²) in [5, 5.41) is 11.2. The fraction of sp³-hybridized carbons (Fsp3) is 0.385. The molecule has 128 valence electrons.